The van der Waals surface area contributed by atoms with E-state index in [2.05, 4.69) is 5.32 Å². The summed E-state index contributed by atoms with van der Waals surface area (Å²) in [5, 5.41) is 39.1. The Morgan fingerprint density at radius 2 is 1.75 bits per heavy atom. The van der Waals surface area contributed by atoms with Crippen LogP contribution in [-0.4, -0.2) is 44.7 Å². The van der Waals surface area contributed by atoms with Gasteiger partial charge in [-0.1, -0.05) is 18.2 Å². The lowest BCUT2D eigenvalue weighted by atomic mass is 10.0. The smallest absolute Gasteiger partial charge is 0.490 e. The highest BCUT2D eigenvalue weighted by molar-refractivity contribution is 5.73. The molecule has 0 aliphatic carbocycles. The first-order valence-electron chi connectivity index (χ1n) is 6.94. The Balaban J connectivity index is 0.000000640. The van der Waals surface area contributed by atoms with Gasteiger partial charge in [-0.2, -0.15) is 13.2 Å². The van der Waals surface area contributed by atoms with E-state index in [0.29, 0.717) is 17.7 Å². The van der Waals surface area contributed by atoms with E-state index < -0.39 is 18.2 Å². The Morgan fingerprint density at radius 1 is 1.25 bits per heavy atom. The van der Waals surface area contributed by atoms with Crippen LogP contribution >= 0.6 is 0 Å². The summed E-state index contributed by atoms with van der Waals surface area (Å²) in [6.45, 7) is 6.13. The van der Waals surface area contributed by atoms with Crippen molar-refractivity contribution in [3.05, 3.63) is 29.3 Å². The number of carboxylic acid groups (broad SMARTS) is 1. The van der Waals surface area contributed by atoms with Gasteiger partial charge in [-0.05, 0) is 20.8 Å². The second-order valence-electron chi connectivity index (χ2n) is 5.96. The molecule has 0 radical (unpaired) electrons. The predicted molar refractivity (Wildman–Crippen MR) is 80.4 cm³/mol. The van der Waals surface area contributed by atoms with Gasteiger partial charge in [0.2, 0.25) is 0 Å². The number of β-amino-alcohol motifs (C(OH)–C–C–N with tert-alkyl or cyclic N) is 1. The van der Waals surface area contributed by atoms with E-state index in [1.54, 1.807) is 18.2 Å². The molecule has 1 aromatic carbocycles. The van der Waals surface area contributed by atoms with E-state index in [4.69, 9.17) is 15.0 Å². The van der Waals surface area contributed by atoms with E-state index >= 15 is 0 Å². The van der Waals surface area contributed by atoms with Crippen LogP contribution in [0.1, 0.15) is 38.0 Å². The van der Waals surface area contributed by atoms with Crippen LogP contribution in [0.5, 0.6) is 5.75 Å². The minimum atomic E-state index is -5.08. The average molecular weight is 353 g/mol. The Kier molecular flexibility index (Phi) is 8.18. The molecule has 138 valence electrons. The highest BCUT2D eigenvalue weighted by atomic mass is 19.4. The van der Waals surface area contributed by atoms with Gasteiger partial charge in [0, 0.05) is 23.2 Å². The number of carbonyl (C=O) groups is 1. The first-order valence-corrected chi connectivity index (χ1v) is 6.94. The molecule has 24 heavy (non-hydrogen) atoms. The van der Waals surface area contributed by atoms with Gasteiger partial charge in [-0.3, -0.25) is 0 Å². The van der Waals surface area contributed by atoms with Gasteiger partial charge in [0.25, 0.3) is 0 Å². The summed E-state index contributed by atoms with van der Waals surface area (Å²) >= 11 is 0. The van der Waals surface area contributed by atoms with Crippen LogP contribution in [0.15, 0.2) is 18.2 Å². The first kappa shape index (κ1) is 22.2. The van der Waals surface area contributed by atoms with Crippen molar-refractivity contribution in [1.29, 1.82) is 0 Å². The third-order valence-electron chi connectivity index (χ3n) is 2.75. The largest absolute Gasteiger partial charge is 0.507 e. The molecule has 9 heteroatoms. The van der Waals surface area contributed by atoms with E-state index in [1.165, 1.54) is 0 Å². The molecule has 0 saturated heterocycles. The molecule has 1 atom stereocenters. The topological polar surface area (TPSA) is 110 Å². The lowest BCUT2D eigenvalue weighted by Gasteiger charge is -2.23. The van der Waals surface area contributed by atoms with Crippen LogP contribution in [0.2, 0.25) is 0 Å². The van der Waals surface area contributed by atoms with Crippen molar-refractivity contribution in [2.75, 3.05) is 6.54 Å². The summed E-state index contributed by atoms with van der Waals surface area (Å²) in [6, 6.07) is 4.99. The molecular formula is C15H22F3NO5. The SMILES string of the molecule is CC(C)(C)NCC(O)c1cccc(CO)c1O.O=C(O)C(F)(F)F. The van der Waals surface area contributed by atoms with Crippen LogP contribution in [-0.2, 0) is 11.4 Å². The van der Waals surface area contributed by atoms with Gasteiger partial charge in [-0.25, -0.2) is 4.79 Å². The quantitative estimate of drug-likeness (QED) is 0.566. The number of aliphatic hydroxyl groups excluding tert-OH is 2. The fourth-order valence-electron chi connectivity index (χ4n) is 1.52. The molecular weight excluding hydrogens is 331 g/mol. The van der Waals surface area contributed by atoms with Crippen molar-refractivity contribution in [2.45, 2.75) is 45.2 Å². The number of carboxylic acids is 1. The van der Waals surface area contributed by atoms with Crippen molar-refractivity contribution in [3.8, 4) is 5.75 Å². The van der Waals surface area contributed by atoms with Crippen molar-refractivity contribution >= 4 is 5.97 Å². The monoisotopic (exact) mass is 353 g/mol. The average Bonchev–Trinajstić information content (AvgIpc) is 2.44. The Bertz CT molecular complexity index is 541. The fourth-order valence-corrected chi connectivity index (χ4v) is 1.52. The Labute approximate surface area is 137 Å². The maximum atomic E-state index is 10.6. The highest BCUT2D eigenvalue weighted by Gasteiger charge is 2.38. The molecule has 1 aromatic rings. The number of nitrogens with one attached hydrogen (secondary N) is 1. The number of phenols is 1. The molecule has 0 spiro atoms. The second kappa shape index (κ2) is 8.86. The molecule has 0 bridgehead atoms. The number of hydrogen-bond donors (Lipinski definition) is 5. The molecule has 0 aromatic heterocycles. The van der Waals surface area contributed by atoms with Crippen molar-refractivity contribution in [1.82, 2.24) is 5.32 Å². The molecule has 0 fully saturated rings. The van der Waals surface area contributed by atoms with Crippen molar-refractivity contribution in [3.63, 3.8) is 0 Å². The van der Waals surface area contributed by atoms with Crippen molar-refractivity contribution < 1.29 is 38.4 Å². The van der Waals surface area contributed by atoms with Crippen LogP contribution in [0.4, 0.5) is 13.2 Å². The maximum absolute atomic E-state index is 10.6. The molecule has 0 aliphatic heterocycles. The first-order chi connectivity index (χ1) is 10.8. The Hall–Kier alpha value is -1.84. The zero-order valence-electron chi connectivity index (χ0n) is 13.6. The van der Waals surface area contributed by atoms with E-state index in [0.717, 1.165) is 0 Å². The maximum Gasteiger partial charge on any atom is 0.490 e. The second-order valence-corrected chi connectivity index (χ2v) is 5.96. The number of aliphatic hydroxyl groups is 2. The molecule has 6 nitrogen and oxygen atoms in total. The lowest BCUT2D eigenvalue weighted by molar-refractivity contribution is -0.192. The normalized spacial score (nSPS) is 13.0. The summed E-state index contributed by atoms with van der Waals surface area (Å²) < 4.78 is 31.7. The van der Waals surface area contributed by atoms with E-state index in [-0.39, 0.29) is 17.9 Å². The summed E-state index contributed by atoms with van der Waals surface area (Å²) in [7, 11) is 0. The molecule has 5 N–H and O–H groups in total. The molecule has 1 unspecified atom stereocenters. The fraction of sp³-hybridized carbons (Fsp3) is 0.533. The van der Waals surface area contributed by atoms with Gasteiger partial charge < -0.3 is 25.7 Å². The third kappa shape index (κ3) is 8.14. The summed E-state index contributed by atoms with van der Waals surface area (Å²) in [5.74, 6) is -2.79. The van der Waals surface area contributed by atoms with Gasteiger partial charge in [-0.15, -0.1) is 0 Å². The Morgan fingerprint density at radius 3 is 2.12 bits per heavy atom. The predicted octanol–water partition coefficient (Wildman–Crippen LogP) is 1.94. The lowest BCUT2D eigenvalue weighted by Crippen LogP contribution is -2.38. The molecule has 0 saturated carbocycles. The third-order valence-corrected chi connectivity index (χ3v) is 2.75. The number of aromatic hydroxyl groups is 1. The standard InChI is InChI=1S/C13H21NO3.C2HF3O2/c1-13(2,3)14-7-11(16)10-6-4-5-9(8-15)12(10)17;3-2(4,5)1(6)7/h4-6,11,14-17H,7-8H2,1-3H3;(H,6,7). The van der Waals surface area contributed by atoms with E-state index in [1.807, 2.05) is 20.8 Å². The molecule has 1 rings (SSSR count). The zero-order valence-corrected chi connectivity index (χ0v) is 13.6. The summed E-state index contributed by atoms with van der Waals surface area (Å²) in [6.07, 6.45) is -5.87. The van der Waals surface area contributed by atoms with Gasteiger partial charge in [0.15, 0.2) is 0 Å². The molecule has 0 amide bonds. The van der Waals surface area contributed by atoms with Gasteiger partial charge >= 0.3 is 12.1 Å². The van der Waals surface area contributed by atoms with E-state index in [9.17, 15) is 23.4 Å². The van der Waals surface area contributed by atoms with Gasteiger partial charge in [0.1, 0.15) is 5.75 Å². The number of para-hydroxylation sites is 1. The number of benzene rings is 1. The van der Waals surface area contributed by atoms with Crippen LogP contribution in [0, 0.1) is 0 Å². The number of hydrogen-bond acceptors (Lipinski definition) is 5. The number of alkyl halides is 3. The summed E-state index contributed by atoms with van der Waals surface area (Å²) in [4.78, 5) is 8.90. The zero-order chi connectivity index (χ0) is 19.1. The van der Waals surface area contributed by atoms with Crippen LogP contribution < -0.4 is 5.32 Å². The number of rotatable bonds is 4. The van der Waals surface area contributed by atoms with Crippen LogP contribution in [0.25, 0.3) is 0 Å². The minimum absolute atomic E-state index is 0.0294. The van der Waals surface area contributed by atoms with Gasteiger partial charge in [0.05, 0.1) is 12.7 Å². The van der Waals surface area contributed by atoms with Crippen LogP contribution in [0.3, 0.4) is 0 Å². The highest BCUT2D eigenvalue weighted by Crippen LogP contribution is 2.27. The minimum Gasteiger partial charge on any atom is -0.507 e. The summed E-state index contributed by atoms with van der Waals surface area (Å²) in [5.41, 5.74) is 0.774. The molecule has 0 heterocycles. The number of halogens is 3. The number of aliphatic carboxylic acids is 1. The van der Waals surface area contributed by atoms with Crippen molar-refractivity contribution in [2.24, 2.45) is 0 Å². The molecule has 0 aliphatic rings.